The highest BCUT2D eigenvalue weighted by molar-refractivity contribution is 5.40. The molecule has 1 fully saturated rings. The van der Waals surface area contributed by atoms with E-state index < -0.39 is 0 Å². The number of imidazole rings is 1. The van der Waals surface area contributed by atoms with Crippen molar-refractivity contribution < 1.29 is 4.74 Å². The minimum Gasteiger partial charge on any atom is -0.480 e. The molecule has 1 aliphatic heterocycles. The minimum atomic E-state index is 0.509. The molecule has 2 aromatic heterocycles. The summed E-state index contributed by atoms with van der Waals surface area (Å²) in [5.74, 6) is 1.13. The highest BCUT2D eigenvalue weighted by atomic mass is 16.5. The molecule has 0 aromatic carbocycles. The fourth-order valence-electron chi connectivity index (χ4n) is 2.17. The van der Waals surface area contributed by atoms with Crippen LogP contribution in [0, 0.1) is 0 Å². The van der Waals surface area contributed by atoms with Crippen molar-refractivity contribution in [2.24, 2.45) is 0 Å². The summed E-state index contributed by atoms with van der Waals surface area (Å²) in [5.41, 5.74) is 2.04. The van der Waals surface area contributed by atoms with Gasteiger partial charge in [-0.05, 0) is 19.0 Å². The number of nitrogens with zero attached hydrogens (tertiary/aromatic N) is 3. The Bertz CT molecular complexity index is 502. The standard InChI is InChI=1S/C11H14N4O/c1-16-11-3-2-10-13-7-9(15(10)14-11)8-4-5-12-6-8/h2-3,7-8,12H,4-6H2,1H3. The van der Waals surface area contributed by atoms with Crippen molar-refractivity contribution in [1.82, 2.24) is 19.9 Å². The molecule has 0 amide bonds. The van der Waals surface area contributed by atoms with Gasteiger partial charge in [-0.1, -0.05) is 0 Å². The minimum absolute atomic E-state index is 0.509. The van der Waals surface area contributed by atoms with E-state index in [0.29, 0.717) is 11.8 Å². The normalized spacial score (nSPS) is 20.4. The Labute approximate surface area is 93.4 Å². The predicted octanol–water partition coefficient (Wildman–Crippen LogP) is 0.815. The molecular formula is C11H14N4O. The van der Waals surface area contributed by atoms with E-state index in [1.807, 2.05) is 22.8 Å². The van der Waals surface area contributed by atoms with Crippen LogP contribution in [0.1, 0.15) is 18.0 Å². The Balaban J connectivity index is 2.09. The molecule has 0 aliphatic carbocycles. The Hall–Kier alpha value is -1.62. The van der Waals surface area contributed by atoms with E-state index in [1.165, 1.54) is 5.69 Å². The van der Waals surface area contributed by atoms with E-state index in [1.54, 1.807) is 7.11 Å². The van der Waals surface area contributed by atoms with Crippen molar-refractivity contribution in [1.29, 1.82) is 0 Å². The number of hydrogen-bond donors (Lipinski definition) is 1. The molecule has 5 nitrogen and oxygen atoms in total. The molecule has 16 heavy (non-hydrogen) atoms. The molecular weight excluding hydrogens is 204 g/mol. The van der Waals surface area contributed by atoms with Crippen molar-refractivity contribution in [3.05, 3.63) is 24.0 Å². The molecule has 1 saturated heterocycles. The average molecular weight is 218 g/mol. The molecule has 5 heteroatoms. The maximum absolute atomic E-state index is 5.13. The van der Waals surface area contributed by atoms with Gasteiger partial charge in [-0.3, -0.25) is 0 Å². The summed E-state index contributed by atoms with van der Waals surface area (Å²) in [4.78, 5) is 4.36. The number of fused-ring (bicyclic) bond motifs is 1. The third-order valence-electron chi connectivity index (χ3n) is 3.05. The summed E-state index contributed by atoms with van der Waals surface area (Å²) in [6.45, 7) is 2.08. The summed E-state index contributed by atoms with van der Waals surface area (Å²) in [5, 5.41) is 7.76. The molecule has 1 atom stereocenters. The maximum Gasteiger partial charge on any atom is 0.231 e. The maximum atomic E-state index is 5.13. The number of methoxy groups -OCH3 is 1. The Morgan fingerprint density at radius 2 is 2.44 bits per heavy atom. The van der Waals surface area contributed by atoms with Crippen LogP contribution in [0.25, 0.3) is 5.65 Å². The topological polar surface area (TPSA) is 51.5 Å². The van der Waals surface area contributed by atoms with Gasteiger partial charge >= 0.3 is 0 Å². The van der Waals surface area contributed by atoms with Gasteiger partial charge in [-0.25, -0.2) is 9.50 Å². The lowest BCUT2D eigenvalue weighted by molar-refractivity contribution is 0.389. The summed E-state index contributed by atoms with van der Waals surface area (Å²) >= 11 is 0. The second-order valence-corrected chi connectivity index (χ2v) is 4.02. The molecule has 0 saturated carbocycles. The van der Waals surface area contributed by atoms with Gasteiger partial charge in [0.2, 0.25) is 5.88 Å². The van der Waals surface area contributed by atoms with Crippen LogP contribution in [0.5, 0.6) is 5.88 Å². The Morgan fingerprint density at radius 3 is 3.19 bits per heavy atom. The quantitative estimate of drug-likeness (QED) is 0.810. The zero-order valence-electron chi connectivity index (χ0n) is 9.18. The molecule has 0 bridgehead atoms. The molecule has 2 aromatic rings. The van der Waals surface area contributed by atoms with E-state index in [2.05, 4.69) is 15.4 Å². The Morgan fingerprint density at radius 1 is 1.50 bits per heavy atom. The molecule has 84 valence electrons. The van der Waals surface area contributed by atoms with Crippen molar-refractivity contribution in [2.75, 3.05) is 20.2 Å². The van der Waals surface area contributed by atoms with E-state index in [9.17, 15) is 0 Å². The van der Waals surface area contributed by atoms with Gasteiger partial charge in [-0.15, -0.1) is 5.10 Å². The Kier molecular flexibility index (Phi) is 2.25. The van der Waals surface area contributed by atoms with Crippen molar-refractivity contribution >= 4 is 5.65 Å². The third-order valence-corrected chi connectivity index (χ3v) is 3.05. The number of aromatic nitrogens is 3. The van der Waals surface area contributed by atoms with Gasteiger partial charge in [0.15, 0.2) is 5.65 Å². The van der Waals surface area contributed by atoms with Crippen LogP contribution in [0.15, 0.2) is 18.3 Å². The van der Waals surface area contributed by atoms with Crippen LogP contribution >= 0.6 is 0 Å². The van der Waals surface area contributed by atoms with Crippen LogP contribution < -0.4 is 10.1 Å². The molecule has 0 radical (unpaired) electrons. The molecule has 0 spiro atoms. The van der Waals surface area contributed by atoms with Crippen LogP contribution in [0.2, 0.25) is 0 Å². The highest BCUT2D eigenvalue weighted by Crippen LogP contribution is 2.23. The van der Waals surface area contributed by atoms with Gasteiger partial charge in [0, 0.05) is 18.5 Å². The molecule has 1 aliphatic rings. The van der Waals surface area contributed by atoms with Crippen LogP contribution in [-0.4, -0.2) is 34.8 Å². The van der Waals surface area contributed by atoms with Gasteiger partial charge in [0.1, 0.15) is 0 Å². The van der Waals surface area contributed by atoms with Gasteiger partial charge < -0.3 is 10.1 Å². The lowest BCUT2D eigenvalue weighted by Crippen LogP contribution is -2.10. The first-order valence-corrected chi connectivity index (χ1v) is 5.48. The van der Waals surface area contributed by atoms with E-state index in [0.717, 1.165) is 25.2 Å². The summed E-state index contributed by atoms with van der Waals surface area (Å²) in [6, 6.07) is 3.76. The summed E-state index contributed by atoms with van der Waals surface area (Å²) in [6.07, 6.45) is 3.06. The second kappa shape index (κ2) is 3.75. The van der Waals surface area contributed by atoms with Crippen molar-refractivity contribution in [2.45, 2.75) is 12.3 Å². The smallest absolute Gasteiger partial charge is 0.231 e. The summed E-state index contributed by atoms with van der Waals surface area (Å²) in [7, 11) is 1.63. The molecule has 3 heterocycles. The molecule has 1 unspecified atom stereocenters. The first-order chi connectivity index (χ1) is 7.88. The predicted molar refractivity (Wildman–Crippen MR) is 59.8 cm³/mol. The molecule has 1 N–H and O–H groups in total. The van der Waals surface area contributed by atoms with Crippen LogP contribution in [-0.2, 0) is 0 Å². The van der Waals surface area contributed by atoms with Gasteiger partial charge in [-0.2, -0.15) is 0 Å². The van der Waals surface area contributed by atoms with Crippen molar-refractivity contribution in [3.8, 4) is 5.88 Å². The second-order valence-electron chi connectivity index (χ2n) is 4.02. The van der Waals surface area contributed by atoms with E-state index in [4.69, 9.17) is 4.74 Å². The average Bonchev–Trinajstić information content (AvgIpc) is 2.96. The lowest BCUT2D eigenvalue weighted by Gasteiger charge is -2.07. The zero-order chi connectivity index (χ0) is 11.0. The number of rotatable bonds is 2. The van der Waals surface area contributed by atoms with Gasteiger partial charge in [0.25, 0.3) is 0 Å². The third kappa shape index (κ3) is 1.44. The van der Waals surface area contributed by atoms with Crippen LogP contribution in [0.4, 0.5) is 0 Å². The van der Waals surface area contributed by atoms with Crippen LogP contribution in [0.3, 0.4) is 0 Å². The largest absolute Gasteiger partial charge is 0.480 e. The monoisotopic (exact) mass is 218 g/mol. The van der Waals surface area contributed by atoms with E-state index in [-0.39, 0.29) is 0 Å². The lowest BCUT2D eigenvalue weighted by atomic mass is 10.1. The summed E-state index contributed by atoms with van der Waals surface area (Å²) < 4.78 is 7.02. The SMILES string of the molecule is COc1ccc2ncc(C3CCNC3)n2n1. The first kappa shape index (κ1) is 9.59. The first-order valence-electron chi connectivity index (χ1n) is 5.48. The fourth-order valence-corrected chi connectivity index (χ4v) is 2.17. The van der Waals surface area contributed by atoms with E-state index >= 15 is 0 Å². The van der Waals surface area contributed by atoms with Gasteiger partial charge in [0.05, 0.1) is 19.0 Å². The van der Waals surface area contributed by atoms with Crippen molar-refractivity contribution in [3.63, 3.8) is 0 Å². The molecule has 3 rings (SSSR count). The number of ether oxygens (including phenoxy) is 1. The number of nitrogens with one attached hydrogen (secondary N) is 1. The number of hydrogen-bond acceptors (Lipinski definition) is 4. The zero-order valence-corrected chi connectivity index (χ0v) is 9.18. The highest BCUT2D eigenvalue weighted by Gasteiger charge is 2.20. The fraction of sp³-hybridized carbons (Fsp3) is 0.455.